The molecule has 1 N–H and O–H groups in total. The zero-order valence-electron chi connectivity index (χ0n) is 15.7. The molecule has 0 radical (unpaired) electrons. The Balaban J connectivity index is 2.05. The number of rotatable bonds is 8. The molecule has 1 amide bonds. The van der Waals surface area contributed by atoms with E-state index in [9.17, 15) is 18.0 Å². The van der Waals surface area contributed by atoms with E-state index >= 15 is 0 Å². The molecule has 0 heterocycles. The van der Waals surface area contributed by atoms with E-state index in [1.54, 1.807) is 18.2 Å². The molecule has 0 aromatic heterocycles. The van der Waals surface area contributed by atoms with Crippen LogP contribution in [-0.2, 0) is 4.79 Å². The number of amides is 1. The lowest BCUT2D eigenvalue weighted by atomic mass is 10.2. The number of hydrogen-bond donors (Lipinski definition) is 1. The van der Waals surface area contributed by atoms with Gasteiger partial charge in [-0.15, -0.1) is 0 Å². The number of carbonyl (C=O) groups excluding carboxylic acids is 1. The van der Waals surface area contributed by atoms with Crippen LogP contribution in [0.15, 0.2) is 42.5 Å². The maximum atomic E-state index is 12.4. The van der Waals surface area contributed by atoms with Crippen molar-refractivity contribution in [1.29, 1.82) is 0 Å². The van der Waals surface area contributed by atoms with E-state index < -0.39 is 25.3 Å². The number of halogens is 4. The Kier molecular flexibility index (Phi) is 7.78. The summed E-state index contributed by atoms with van der Waals surface area (Å²) in [5, 5.41) is 2.66. The van der Waals surface area contributed by atoms with Crippen LogP contribution in [0.4, 0.5) is 18.9 Å². The molecular weight excluding hydrogens is 411 g/mol. The monoisotopic (exact) mass is 429 g/mol. The van der Waals surface area contributed by atoms with Crippen LogP contribution in [0.25, 0.3) is 6.08 Å². The van der Waals surface area contributed by atoms with Crippen LogP contribution >= 0.6 is 11.6 Å². The molecule has 0 aliphatic rings. The third kappa shape index (κ3) is 7.23. The SMILES string of the molecule is C/C=C/c1ccc(OCC(=O)Nc2cc(Cl)ccc2OCC(F)(F)F)c(OC)c1. The van der Waals surface area contributed by atoms with E-state index in [1.807, 2.05) is 19.1 Å². The molecule has 0 atom stereocenters. The second-order valence-electron chi connectivity index (χ2n) is 5.79. The van der Waals surface area contributed by atoms with Crippen LogP contribution in [0.5, 0.6) is 17.2 Å². The van der Waals surface area contributed by atoms with Gasteiger partial charge < -0.3 is 19.5 Å². The van der Waals surface area contributed by atoms with Gasteiger partial charge in [-0.1, -0.05) is 29.8 Å². The quantitative estimate of drug-likeness (QED) is 0.615. The third-order valence-electron chi connectivity index (χ3n) is 3.51. The highest BCUT2D eigenvalue weighted by Crippen LogP contribution is 2.31. The van der Waals surface area contributed by atoms with Gasteiger partial charge in [-0.2, -0.15) is 13.2 Å². The fourth-order valence-corrected chi connectivity index (χ4v) is 2.49. The highest BCUT2D eigenvalue weighted by Gasteiger charge is 2.29. The third-order valence-corrected chi connectivity index (χ3v) is 3.75. The van der Waals surface area contributed by atoms with Crippen LogP contribution in [0.2, 0.25) is 5.02 Å². The predicted molar refractivity (Wildman–Crippen MR) is 105 cm³/mol. The van der Waals surface area contributed by atoms with Gasteiger partial charge in [0.05, 0.1) is 12.8 Å². The molecule has 2 aromatic rings. The second-order valence-corrected chi connectivity index (χ2v) is 6.23. The minimum absolute atomic E-state index is 0.00532. The first-order valence-electron chi connectivity index (χ1n) is 8.44. The summed E-state index contributed by atoms with van der Waals surface area (Å²) >= 11 is 5.86. The van der Waals surface area contributed by atoms with E-state index in [-0.39, 0.29) is 16.5 Å². The van der Waals surface area contributed by atoms with Crippen LogP contribution in [-0.4, -0.2) is 32.4 Å². The molecular formula is C20H19ClF3NO4. The van der Waals surface area contributed by atoms with E-state index in [0.29, 0.717) is 11.5 Å². The first-order valence-corrected chi connectivity index (χ1v) is 8.82. The van der Waals surface area contributed by atoms with Crippen LogP contribution in [0, 0.1) is 0 Å². The smallest absolute Gasteiger partial charge is 0.422 e. The molecule has 5 nitrogen and oxygen atoms in total. The molecule has 0 aliphatic carbocycles. The van der Waals surface area contributed by atoms with Gasteiger partial charge in [-0.3, -0.25) is 4.79 Å². The Morgan fingerprint density at radius 2 is 1.83 bits per heavy atom. The minimum Gasteiger partial charge on any atom is -0.493 e. The summed E-state index contributed by atoms with van der Waals surface area (Å²) in [5.41, 5.74) is 0.900. The first-order chi connectivity index (χ1) is 13.7. The molecule has 0 saturated heterocycles. The van der Waals surface area contributed by atoms with Crippen molar-refractivity contribution in [2.24, 2.45) is 0 Å². The Morgan fingerprint density at radius 1 is 1.10 bits per heavy atom. The molecule has 2 aromatic carbocycles. The molecule has 0 unspecified atom stereocenters. The van der Waals surface area contributed by atoms with Crippen molar-refractivity contribution in [2.75, 3.05) is 25.6 Å². The lowest BCUT2D eigenvalue weighted by molar-refractivity contribution is -0.153. The minimum atomic E-state index is -4.51. The number of carbonyl (C=O) groups is 1. The summed E-state index contributed by atoms with van der Waals surface area (Å²) in [6, 6.07) is 9.07. The molecule has 0 aliphatic heterocycles. The maximum Gasteiger partial charge on any atom is 0.422 e. The zero-order chi connectivity index (χ0) is 21.4. The lowest BCUT2D eigenvalue weighted by Gasteiger charge is -2.15. The largest absolute Gasteiger partial charge is 0.493 e. The summed E-state index contributed by atoms with van der Waals surface area (Å²) < 4.78 is 52.6. The number of hydrogen-bond acceptors (Lipinski definition) is 4. The van der Waals surface area contributed by atoms with E-state index in [2.05, 4.69) is 5.32 Å². The van der Waals surface area contributed by atoms with Gasteiger partial charge in [0.25, 0.3) is 5.91 Å². The van der Waals surface area contributed by atoms with Crippen molar-refractivity contribution >= 4 is 29.3 Å². The van der Waals surface area contributed by atoms with E-state index in [1.165, 1.54) is 25.3 Å². The van der Waals surface area contributed by atoms with Gasteiger partial charge in [0, 0.05) is 5.02 Å². The van der Waals surface area contributed by atoms with Crippen LogP contribution in [0.3, 0.4) is 0 Å². The fourth-order valence-electron chi connectivity index (χ4n) is 2.31. The first kappa shape index (κ1) is 22.4. The van der Waals surface area contributed by atoms with Crippen molar-refractivity contribution < 1.29 is 32.2 Å². The molecule has 0 spiro atoms. The Hall–Kier alpha value is -2.87. The van der Waals surface area contributed by atoms with E-state index in [0.717, 1.165) is 5.56 Å². The lowest BCUT2D eigenvalue weighted by Crippen LogP contribution is -2.22. The molecule has 2 rings (SSSR count). The average molecular weight is 430 g/mol. The van der Waals surface area contributed by atoms with Crippen molar-refractivity contribution in [1.82, 2.24) is 0 Å². The number of nitrogens with one attached hydrogen (secondary N) is 1. The zero-order valence-corrected chi connectivity index (χ0v) is 16.4. The van der Waals surface area contributed by atoms with Gasteiger partial charge in [0.1, 0.15) is 5.75 Å². The van der Waals surface area contributed by atoms with Crippen molar-refractivity contribution in [2.45, 2.75) is 13.1 Å². The molecule has 9 heteroatoms. The highest BCUT2D eigenvalue weighted by atomic mass is 35.5. The second kappa shape index (κ2) is 10.1. The Labute approximate surface area is 171 Å². The number of allylic oxidation sites excluding steroid dienone is 1. The van der Waals surface area contributed by atoms with Crippen molar-refractivity contribution in [3.05, 3.63) is 53.1 Å². The number of benzene rings is 2. The summed E-state index contributed by atoms with van der Waals surface area (Å²) in [7, 11) is 1.47. The van der Waals surface area contributed by atoms with Gasteiger partial charge in [-0.25, -0.2) is 0 Å². The number of methoxy groups -OCH3 is 1. The summed E-state index contributed by atoms with van der Waals surface area (Å²) in [5.74, 6) is 0.0120. The Morgan fingerprint density at radius 3 is 2.48 bits per heavy atom. The van der Waals surface area contributed by atoms with Gasteiger partial charge in [0.2, 0.25) is 0 Å². The fraction of sp³-hybridized carbons (Fsp3) is 0.250. The highest BCUT2D eigenvalue weighted by molar-refractivity contribution is 6.31. The number of anilines is 1. The van der Waals surface area contributed by atoms with Crippen molar-refractivity contribution in [3.8, 4) is 17.2 Å². The van der Waals surface area contributed by atoms with Crippen molar-refractivity contribution in [3.63, 3.8) is 0 Å². The summed E-state index contributed by atoms with van der Waals surface area (Å²) in [4.78, 5) is 12.2. The number of alkyl halides is 3. The van der Waals surface area contributed by atoms with Crippen LogP contribution in [0.1, 0.15) is 12.5 Å². The molecule has 0 fully saturated rings. The standard InChI is InChI=1S/C20H19ClF3NO4/c1-3-4-13-5-7-17(18(9-13)27-2)28-11-19(26)25-15-10-14(21)6-8-16(15)29-12-20(22,23)24/h3-10H,11-12H2,1-2H3,(H,25,26)/b4-3+. The molecule has 0 saturated carbocycles. The normalized spacial score (nSPS) is 11.4. The molecule has 29 heavy (non-hydrogen) atoms. The Bertz CT molecular complexity index is 885. The van der Waals surface area contributed by atoms with E-state index in [4.69, 9.17) is 25.8 Å². The van der Waals surface area contributed by atoms with Gasteiger partial charge in [-0.05, 0) is 42.8 Å². The number of ether oxygens (including phenoxy) is 3. The maximum absolute atomic E-state index is 12.4. The van der Waals surface area contributed by atoms with Gasteiger partial charge in [0.15, 0.2) is 24.7 Å². The topological polar surface area (TPSA) is 56.8 Å². The van der Waals surface area contributed by atoms with Crippen LogP contribution < -0.4 is 19.5 Å². The molecule has 156 valence electrons. The summed E-state index contributed by atoms with van der Waals surface area (Å²) in [6.07, 6.45) is -0.771. The molecule has 0 bridgehead atoms. The predicted octanol–water partition coefficient (Wildman–Crippen LogP) is 5.34. The van der Waals surface area contributed by atoms with Gasteiger partial charge >= 0.3 is 6.18 Å². The summed E-state index contributed by atoms with van der Waals surface area (Å²) in [6.45, 7) is -0.0158. The average Bonchev–Trinajstić information content (AvgIpc) is 2.65.